The highest BCUT2D eigenvalue weighted by Crippen LogP contribution is 2.21. The van der Waals surface area contributed by atoms with Gasteiger partial charge in [-0.1, -0.05) is 82.9 Å². The smallest absolute Gasteiger partial charge is 0.537 e. The zero-order valence-electron chi connectivity index (χ0n) is 17.8. The molecule has 0 bridgehead atoms. The number of hydrogen-bond donors (Lipinski definition) is 1. The van der Waals surface area contributed by atoms with Gasteiger partial charge in [0.25, 0.3) is 0 Å². The van der Waals surface area contributed by atoms with E-state index in [1.807, 2.05) is 24.3 Å². The lowest BCUT2D eigenvalue weighted by atomic mass is 10.0. The van der Waals surface area contributed by atoms with Crippen molar-refractivity contribution in [2.24, 2.45) is 0 Å². The third-order valence-electron chi connectivity index (χ3n) is 4.24. The second-order valence-corrected chi connectivity index (χ2v) is 8.96. The average molecular weight is 576 g/mol. The Kier molecular flexibility index (Phi) is 11.7. The quantitative estimate of drug-likeness (QED) is 0.197. The highest BCUT2D eigenvalue weighted by molar-refractivity contribution is 14.1. The summed E-state index contributed by atoms with van der Waals surface area (Å²) in [6.45, 7) is 4.18. The lowest BCUT2D eigenvalue weighted by molar-refractivity contribution is 0.454. The van der Waals surface area contributed by atoms with Gasteiger partial charge in [-0.15, -0.1) is 0 Å². The van der Waals surface area contributed by atoms with Crippen molar-refractivity contribution in [3.63, 3.8) is 0 Å². The Labute approximate surface area is 214 Å². The topological polar surface area (TPSA) is 29.5 Å². The molecule has 0 unspecified atom stereocenters. The van der Waals surface area contributed by atoms with Crippen molar-refractivity contribution in [1.82, 2.24) is 0 Å². The maximum absolute atomic E-state index is 8.21. The number of hydrogen-bond acceptors (Lipinski definition) is 2. The molecule has 4 aromatic rings. The Balaban J connectivity index is 0.000000178. The van der Waals surface area contributed by atoms with Crippen molar-refractivity contribution in [2.45, 2.75) is 13.8 Å². The van der Waals surface area contributed by atoms with Crippen molar-refractivity contribution in [3.05, 3.63) is 122 Å². The van der Waals surface area contributed by atoms with Gasteiger partial charge in [-0.05, 0) is 96.1 Å². The first kappa shape index (κ1) is 26.3. The van der Waals surface area contributed by atoms with Crippen LogP contribution in [0.4, 0.5) is 0 Å². The first-order valence-electron chi connectivity index (χ1n) is 9.80. The van der Waals surface area contributed by atoms with Crippen molar-refractivity contribution in [1.29, 1.82) is 0 Å². The van der Waals surface area contributed by atoms with E-state index >= 15 is 0 Å². The van der Waals surface area contributed by atoms with Gasteiger partial charge < -0.3 is 9.68 Å². The second-order valence-electron chi connectivity index (χ2n) is 6.85. The van der Waals surface area contributed by atoms with Crippen LogP contribution in [0.1, 0.15) is 11.1 Å². The van der Waals surface area contributed by atoms with Crippen LogP contribution in [-0.4, -0.2) is 12.7 Å². The second kappa shape index (κ2) is 14.2. The van der Waals surface area contributed by atoms with Crippen LogP contribution in [0.25, 0.3) is 11.1 Å². The zero-order chi connectivity index (χ0) is 23.3. The van der Waals surface area contributed by atoms with Crippen LogP contribution < -0.4 is 4.65 Å². The molecule has 0 saturated heterocycles. The van der Waals surface area contributed by atoms with Crippen LogP contribution in [0.3, 0.4) is 0 Å². The average Bonchev–Trinajstić information content (AvgIpc) is 2.80. The van der Waals surface area contributed by atoms with Crippen LogP contribution in [0.5, 0.6) is 5.75 Å². The first-order chi connectivity index (χ1) is 15.4. The van der Waals surface area contributed by atoms with Gasteiger partial charge in [0.15, 0.2) is 0 Å². The van der Waals surface area contributed by atoms with E-state index in [1.54, 1.807) is 24.3 Å². The van der Waals surface area contributed by atoms with Gasteiger partial charge in [0.1, 0.15) is 5.75 Å². The Morgan fingerprint density at radius 2 is 1.00 bits per heavy atom. The van der Waals surface area contributed by atoms with E-state index in [1.165, 1.54) is 25.8 Å². The van der Waals surface area contributed by atoms with E-state index in [4.69, 9.17) is 28.2 Å². The first-order valence-corrected chi connectivity index (χ1v) is 11.6. The molecule has 32 heavy (non-hydrogen) atoms. The Hall–Kier alpha value is -1.99. The normalized spacial score (nSPS) is 9.56. The molecule has 0 aliphatic rings. The molecular formula is C26H23BCl2IO2. The van der Waals surface area contributed by atoms with Crippen molar-refractivity contribution >= 4 is 53.5 Å². The van der Waals surface area contributed by atoms with Crippen molar-refractivity contribution in [3.8, 4) is 16.9 Å². The van der Waals surface area contributed by atoms with Gasteiger partial charge in [0, 0.05) is 13.6 Å². The fourth-order valence-electron chi connectivity index (χ4n) is 2.50. The minimum Gasteiger partial charge on any atom is -0.537 e. The molecule has 0 aliphatic heterocycles. The molecule has 0 heterocycles. The van der Waals surface area contributed by atoms with Gasteiger partial charge in [-0.3, -0.25) is 0 Å². The molecule has 0 aliphatic carbocycles. The molecule has 0 aromatic heterocycles. The molecule has 4 rings (SSSR count). The number of benzene rings is 4. The minimum absolute atomic E-state index is 0.562. The third-order valence-corrected chi connectivity index (χ3v) is 5.47. The Morgan fingerprint density at radius 1 is 0.625 bits per heavy atom. The maximum Gasteiger partial charge on any atom is 0.569 e. The number of halogens is 3. The van der Waals surface area contributed by atoms with Crippen molar-refractivity contribution < 1.29 is 9.68 Å². The van der Waals surface area contributed by atoms with Crippen LogP contribution in [-0.2, 0) is 0 Å². The maximum atomic E-state index is 8.21. The van der Waals surface area contributed by atoms with Gasteiger partial charge in [0.05, 0.1) is 0 Å². The molecule has 0 atom stereocenters. The summed E-state index contributed by atoms with van der Waals surface area (Å²) in [6.07, 6.45) is 0. The number of rotatable bonds is 3. The molecule has 1 radical (unpaired) electrons. The molecule has 0 fully saturated rings. The zero-order valence-corrected chi connectivity index (χ0v) is 21.5. The van der Waals surface area contributed by atoms with Crippen LogP contribution >= 0.6 is 45.8 Å². The third kappa shape index (κ3) is 10.1. The molecule has 4 aromatic carbocycles. The largest absolute Gasteiger partial charge is 0.569 e. The summed E-state index contributed by atoms with van der Waals surface area (Å²) in [7, 11) is 0.628. The van der Waals surface area contributed by atoms with E-state index in [0.717, 1.165) is 5.02 Å². The lowest BCUT2D eigenvalue weighted by Crippen LogP contribution is -1.98. The summed E-state index contributed by atoms with van der Waals surface area (Å²) in [5.41, 5.74) is 5.04. The monoisotopic (exact) mass is 575 g/mol. The van der Waals surface area contributed by atoms with E-state index in [9.17, 15) is 0 Å². The highest BCUT2D eigenvalue weighted by Gasteiger charge is 1.96. The Bertz CT molecular complexity index is 988. The predicted molar refractivity (Wildman–Crippen MR) is 146 cm³/mol. The van der Waals surface area contributed by atoms with E-state index in [-0.39, 0.29) is 0 Å². The van der Waals surface area contributed by atoms with Gasteiger partial charge >= 0.3 is 7.69 Å². The highest BCUT2D eigenvalue weighted by atomic mass is 127. The van der Waals surface area contributed by atoms with E-state index in [0.29, 0.717) is 18.5 Å². The van der Waals surface area contributed by atoms with Gasteiger partial charge in [-0.25, -0.2) is 0 Å². The SMILES string of the molecule is Cc1ccc(-c2ccc(Cl)cc2)cc1.Cc1ccc(I)cc1.O[B]Oc1ccc(Cl)cc1. The molecule has 0 saturated carbocycles. The molecule has 0 amide bonds. The Morgan fingerprint density at radius 3 is 1.41 bits per heavy atom. The summed E-state index contributed by atoms with van der Waals surface area (Å²) in [4.78, 5) is 0. The summed E-state index contributed by atoms with van der Waals surface area (Å²) in [5.74, 6) is 0.562. The fraction of sp³-hybridized carbons (Fsp3) is 0.0769. The summed E-state index contributed by atoms with van der Waals surface area (Å²) in [6, 6.07) is 31.5. The molecule has 163 valence electrons. The molecule has 1 N–H and O–H groups in total. The molecular weight excluding hydrogens is 553 g/mol. The summed E-state index contributed by atoms with van der Waals surface area (Å²) in [5, 5.41) is 9.63. The van der Waals surface area contributed by atoms with Crippen LogP contribution in [0.2, 0.25) is 10.0 Å². The summed E-state index contributed by atoms with van der Waals surface area (Å²) < 4.78 is 5.93. The fourth-order valence-corrected chi connectivity index (χ4v) is 3.11. The molecule has 0 spiro atoms. The summed E-state index contributed by atoms with van der Waals surface area (Å²) >= 11 is 13.7. The predicted octanol–water partition coefficient (Wildman–Crippen LogP) is 8.16. The minimum atomic E-state index is 0.562. The van der Waals surface area contributed by atoms with Crippen molar-refractivity contribution in [2.75, 3.05) is 0 Å². The van der Waals surface area contributed by atoms with Gasteiger partial charge in [-0.2, -0.15) is 0 Å². The van der Waals surface area contributed by atoms with Crippen LogP contribution in [0, 0.1) is 17.4 Å². The van der Waals surface area contributed by atoms with Gasteiger partial charge in [0.2, 0.25) is 0 Å². The standard InChI is InChI=1S/C13H11Cl.C7H7I.C6H5BClO2/c1-10-2-4-11(5-3-10)12-6-8-13(14)9-7-12;1-6-2-4-7(8)5-3-6;8-5-1-3-6(4-2-5)10-7-9/h2-9H,1H3;2-5H,1H3;1-4,9H. The molecule has 2 nitrogen and oxygen atoms in total. The van der Waals surface area contributed by atoms with E-state index in [2.05, 4.69) is 89.6 Å². The number of aryl methyl sites for hydroxylation is 2. The van der Waals surface area contributed by atoms with Crippen LogP contribution in [0.15, 0.2) is 97.1 Å². The lowest BCUT2D eigenvalue weighted by Gasteiger charge is -2.01. The van der Waals surface area contributed by atoms with E-state index < -0.39 is 0 Å². The molecule has 6 heteroatoms.